The van der Waals surface area contributed by atoms with Gasteiger partial charge in [0.15, 0.2) is 0 Å². The van der Waals surface area contributed by atoms with E-state index in [1.54, 1.807) is 26.2 Å². The molecule has 0 saturated carbocycles. The largest absolute Gasteiger partial charge is 0.345 e. The predicted octanol–water partition coefficient (Wildman–Crippen LogP) is 3.76. The molecule has 0 bridgehead atoms. The Hall–Kier alpha value is -2.62. The molecule has 1 aliphatic carbocycles. The van der Waals surface area contributed by atoms with Crippen LogP contribution >= 0.6 is 0 Å². The highest BCUT2D eigenvalue weighted by molar-refractivity contribution is 5.99. The number of carbonyl (C=O) groups is 2. The molecule has 4 heteroatoms. The topological polar surface area (TPSA) is 49.4 Å². The Morgan fingerprint density at radius 3 is 2.64 bits per heavy atom. The van der Waals surface area contributed by atoms with Gasteiger partial charge in [0.2, 0.25) is 5.91 Å². The molecule has 1 atom stereocenters. The van der Waals surface area contributed by atoms with Gasteiger partial charge in [-0.1, -0.05) is 30.3 Å². The van der Waals surface area contributed by atoms with Crippen LogP contribution < -0.4 is 5.32 Å². The fraction of sp³-hybridized carbons (Fsp3) is 0.333. The summed E-state index contributed by atoms with van der Waals surface area (Å²) in [7, 11) is 3.44. The van der Waals surface area contributed by atoms with E-state index in [0.29, 0.717) is 11.3 Å². The van der Waals surface area contributed by atoms with Crippen LogP contribution in [0.15, 0.2) is 42.5 Å². The molecule has 1 aliphatic rings. The lowest BCUT2D eigenvalue weighted by molar-refractivity contribution is -0.117. The van der Waals surface area contributed by atoms with E-state index >= 15 is 0 Å². The normalized spacial score (nSPS) is 16.0. The Balaban J connectivity index is 1.84. The first-order chi connectivity index (χ1) is 12.0. The van der Waals surface area contributed by atoms with Gasteiger partial charge >= 0.3 is 0 Å². The number of amides is 2. The quantitative estimate of drug-likeness (QED) is 0.928. The van der Waals surface area contributed by atoms with Crippen molar-refractivity contribution in [1.82, 2.24) is 4.90 Å². The molecular formula is C21H24N2O2. The van der Waals surface area contributed by atoms with Gasteiger partial charge in [-0.3, -0.25) is 9.59 Å². The van der Waals surface area contributed by atoms with Gasteiger partial charge in [-0.25, -0.2) is 0 Å². The lowest BCUT2D eigenvalue weighted by Crippen LogP contribution is -2.25. The van der Waals surface area contributed by atoms with Crippen LogP contribution in [0.2, 0.25) is 0 Å². The van der Waals surface area contributed by atoms with E-state index in [0.717, 1.165) is 30.4 Å². The number of nitrogens with one attached hydrogen (secondary N) is 1. The Labute approximate surface area is 148 Å². The zero-order valence-corrected chi connectivity index (χ0v) is 15.0. The van der Waals surface area contributed by atoms with Crippen LogP contribution in [0.25, 0.3) is 0 Å². The first-order valence-corrected chi connectivity index (χ1v) is 8.68. The summed E-state index contributed by atoms with van der Waals surface area (Å²) in [6, 6.07) is 13.6. The van der Waals surface area contributed by atoms with Crippen LogP contribution in [-0.2, 0) is 11.2 Å². The number of hydrogen-bond acceptors (Lipinski definition) is 2. The van der Waals surface area contributed by atoms with Crippen LogP contribution in [0.1, 0.15) is 45.8 Å². The SMILES string of the molecule is Cc1ccc(C(=O)N(C)C)cc1NC(=O)[C@H]1CCCc2ccccc21. The number of hydrogen-bond donors (Lipinski definition) is 1. The van der Waals surface area contributed by atoms with Crippen molar-refractivity contribution in [1.29, 1.82) is 0 Å². The summed E-state index contributed by atoms with van der Waals surface area (Å²) < 4.78 is 0. The lowest BCUT2D eigenvalue weighted by Gasteiger charge is -2.25. The Kier molecular flexibility index (Phi) is 4.88. The monoisotopic (exact) mass is 336 g/mol. The maximum Gasteiger partial charge on any atom is 0.253 e. The van der Waals surface area contributed by atoms with Crippen molar-refractivity contribution in [2.24, 2.45) is 0 Å². The standard InChI is InChI=1S/C21H24N2O2/c1-14-11-12-16(21(25)23(2)3)13-19(14)22-20(24)18-10-6-8-15-7-4-5-9-17(15)18/h4-5,7,9,11-13,18H,6,8,10H2,1-3H3,(H,22,24)/t18-/m0/s1. The minimum absolute atomic E-state index is 0.00435. The van der Waals surface area contributed by atoms with E-state index in [9.17, 15) is 9.59 Å². The molecule has 3 rings (SSSR count). The Morgan fingerprint density at radius 2 is 1.88 bits per heavy atom. The van der Waals surface area contributed by atoms with E-state index in [2.05, 4.69) is 17.4 Å². The molecule has 2 aromatic rings. The van der Waals surface area contributed by atoms with Gasteiger partial charge in [0.1, 0.15) is 0 Å². The number of aryl methyl sites for hydroxylation is 2. The number of anilines is 1. The summed E-state index contributed by atoms with van der Waals surface area (Å²) in [6.07, 6.45) is 2.91. The average Bonchev–Trinajstić information content (AvgIpc) is 2.62. The second kappa shape index (κ2) is 7.09. The van der Waals surface area contributed by atoms with Gasteiger partial charge in [-0.15, -0.1) is 0 Å². The predicted molar refractivity (Wildman–Crippen MR) is 99.9 cm³/mol. The molecule has 0 aromatic heterocycles. The number of carbonyl (C=O) groups excluding carboxylic acids is 2. The van der Waals surface area contributed by atoms with Gasteiger partial charge in [0.25, 0.3) is 5.91 Å². The average molecular weight is 336 g/mol. The van der Waals surface area contributed by atoms with Crippen molar-refractivity contribution < 1.29 is 9.59 Å². The molecule has 0 unspecified atom stereocenters. The molecule has 0 spiro atoms. The van der Waals surface area contributed by atoms with Crippen LogP contribution in [0.4, 0.5) is 5.69 Å². The highest BCUT2D eigenvalue weighted by Crippen LogP contribution is 2.32. The van der Waals surface area contributed by atoms with Crippen molar-refractivity contribution in [3.8, 4) is 0 Å². The van der Waals surface area contributed by atoms with Crippen molar-refractivity contribution in [3.63, 3.8) is 0 Å². The van der Waals surface area contributed by atoms with E-state index in [-0.39, 0.29) is 17.7 Å². The molecular weight excluding hydrogens is 312 g/mol. The third-order valence-corrected chi connectivity index (χ3v) is 4.83. The van der Waals surface area contributed by atoms with Gasteiger partial charge < -0.3 is 10.2 Å². The van der Waals surface area contributed by atoms with E-state index in [1.807, 2.05) is 25.1 Å². The highest BCUT2D eigenvalue weighted by Gasteiger charge is 2.26. The van der Waals surface area contributed by atoms with Gasteiger partial charge in [0.05, 0.1) is 5.92 Å². The molecule has 2 aromatic carbocycles. The molecule has 1 N–H and O–H groups in total. The summed E-state index contributed by atoms with van der Waals surface area (Å²) in [4.78, 5) is 26.6. The maximum atomic E-state index is 12.9. The van der Waals surface area contributed by atoms with E-state index < -0.39 is 0 Å². The zero-order valence-electron chi connectivity index (χ0n) is 15.0. The fourth-order valence-electron chi connectivity index (χ4n) is 3.39. The lowest BCUT2D eigenvalue weighted by atomic mass is 9.82. The van der Waals surface area contributed by atoms with E-state index in [1.165, 1.54) is 10.5 Å². The molecule has 0 fully saturated rings. The van der Waals surface area contributed by atoms with Crippen LogP contribution in [0, 0.1) is 6.92 Å². The van der Waals surface area contributed by atoms with Crippen molar-refractivity contribution in [3.05, 3.63) is 64.7 Å². The Bertz CT molecular complexity index is 811. The minimum atomic E-state index is -0.127. The molecule has 4 nitrogen and oxygen atoms in total. The van der Waals surface area contributed by atoms with Crippen molar-refractivity contribution >= 4 is 17.5 Å². The number of benzene rings is 2. The summed E-state index contributed by atoms with van der Waals surface area (Å²) in [5.74, 6) is -0.194. The third kappa shape index (κ3) is 3.58. The van der Waals surface area contributed by atoms with Crippen LogP contribution in [-0.4, -0.2) is 30.8 Å². The number of fused-ring (bicyclic) bond motifs is 1. The van der Waals surface area contributed by atoms with Crippen LogP contribution in [0.5, 0.6) is 0 Å². The van der Waals surface area contributed by atoms with Crippen molar-refractivity contribution in [2.75, 3.05) is 19.4 Å². The molecule has 0 heterocycles. The fourth-order valence-corrected chi connectivity index (χ4v) is 3.39. The van der Waals surface area contributed by atoms with Gasteiger partial charge in [0, 0.05) is 25.3 Å². The highest BCUT2D eigenvalue weighted by atomic mass is 16.2. The van der Waals surface area contributed by atoms with Crippen molar-refractivity contribution in [2.45, 2.75) is 32.1 Å². The minimum Gasteiger partial charge on any atom is -0.345 e. The van der Waals surface area contributed by atoms with Crippen LogP contribution in [0.3, 0.4) is 0 Å². The molecule has 130 valence electrons. The molecule has 0 saturated heterocycles. The maximum absolute atomic E-state index is 12.9. The Morgan fingerprint density at radius 1 is 1.12 bits per heavy atom. The van der Waals surface area contributed by atoms with E-state index in [4.69, 9.17) is 0 Å². The summed E-state index contributed by atoms with van der Waals surface area (Å²) in [6.45, 7) is 1.94. The van der Waals surface area contributed by atoms with Gasteiger partial charge in [-0.05, 0) is 55.0 Å². The first-order valence-electron chi connectivity index (χ1n) is 8.68. The second-order valence-corrected chi connectivity index (χ2v) is 6.86. The molecule has 0 aliphatic heterocycles. The molecule has 2 amide bonds. The zero-order chi connectivity index (χ0) is 18.0. The number of rotatable bonds is 3. The smallest absolute Gasteiger partial charge is 0.253 e. The summed E-state index contributed by atoms with van der Waals surface area (Å²) in [5, 5.41) is 3.05. The first kappa shape index (κ1) is 17.2. The summed E-state index contributed by atoms with van der Waals surface area (Å²) >= 11 is 0. The molecule has 25 heavy (non-hydrogen) atoms. The summed E-state index contributed by atoms with van der Waals surface area (Å²) in [5.41, 5.74) is 4.63. The van der Waals surface area contributed by atoms with Gasteiger partial charge in [-0.2, -0.15) is 0 Å². The number of nitrogens with zero attached hydrogens (tertiary/aromatic N) is 1. The molecule has 0 radical (unpaired) electrons. The second-order valence-electron chi connectivity index (χ2n) is 6.86. The third-order valence-electron chi connectivity index (χ3n) is 4.83.